The van der Waals surface area contributed by atoms with Crippen LogP contribution in [0.5, 0.6) is 0 Å². The summed E-state index contributed by atoms with van der Waals surface area (Å²) in [6.07, 6.45) is 5.50. The van der Waals surface area contributed by atoms with E-state index in [2.05, 4.69) is 10.4 Å². The number of nitrogens with one attached hydrogen (secondary N) is 1. The minimum Gasteiger partial charge on any atom is -0.383 e. The van der Waals surface area contributed by atoms with E-state index in [-0.39, 0.29) is 17.5 Å². The molecule has 0 amide bonds. The molecule has 9 nitrogen and oxygen atoms in total. The van der Waals surface area contributed by atoms with Gasteiger partial charge in [0.15, 0.2) is 0 Å². The highest BCUT2D eigenvalue weighted by Gasteiger charge is 2.29. The van der Waals surface area contributed by atoms with Crippen LogP contribution in [-0.4, -0.2) is 49.0 Å². The van der Waals surface area contributed by atoms with Crippen LogP contribution in [0.2, 0.25) is 0 Å². The number of methoxy groups -OCH3 is 1. The van der Waals surface area contributed by atoms with Gasteiger partial charge in [0.1, 0.15) is 17.5 Å². The highest BCUT2D eigenvalue weighted by molar-refractivity contribution is 5.81. The molecule has 0 saturated carbocycles. The molecule has 0 fully saturated rings. The van der Waals surface area contributed by atoms with Gasteiger partial charge in [0.25, 0.3) is 0 Å². The number of benzene rings is 2. The summed E-state index contributed by atoms with van der Waals surface area (Å²) in [5.41, 5.74) is 3.68. The normalized spacial score (nSPS) is 15.3. The lowest BCUT2D eigenvalue weighted by molar-refractivity contribution is 0.185. The maximum absolute atomic E-state index is 15.4. The van der Waals surface area contributed by atoms with Gasteiger partial charge in [0, 0.05) is 55.5 Å². The Bertz CT molecular complexity index is 1760. The maximum atomic E-state index is 15.4. The standard InChI is InChI=1S/C28H29F2N7O2/c1-16-11-20(12-17(2)26(16)30)37-27(25-18(3)31-6-5-22(25)33-37)35-8-7-34(28(35)38)24-13-19-15-32-36(9-10-39-4)23(19)14-21(24)29/h7-8,11-15,18,31H,5-6,9-10H2,1-4H3/t18-/m0/s1. The Hall–Kier alpha value is -4.09. The highest BCUT2D eigenvalue weighted by atomic mass is 19.1. The number of aromatic nitrogens is 6. The van der Waals surface area contributed by atoms with Crippen LogP contribution in [0, 0.1) is 25.5 Å². The quantitative estimate of drug-likeness (QED) is 0.358. The smallest absolute Gasteiger partial charge is 0.338 e. The first-order valence-corrected chi connectivity index (χ1v) is 12.9. The number of rotatable bonds is 6. The molecular formula is C28H29F2N7O2. The third-order valence-electron chi connectivity index (χ3n) is 7.37. The summed E-state index contributed by atoms with van der Waals surface area (Å²) in [5, 5.41) is 13.3. The molecule has 1 aliphatic heterocycles. The molecule has 5 aromatic rings. The zero-order valence-corrected chi connectivity index (χ0v) is 22.2. The molecule has 0 radical (unpaired) electrons. The van der Waals surface area contributed by atoms with Crippen molar-refractivity contribution in [1.29, 1.82) is 0 Å². The van der Waals surface area contributed by atoms with Gasteiger partial charge in [-0.05, 0) is 50.1 Å². The summed E-state index contributed by atoms with van der Waals surface area (Å²) >= 11 is 0. The van der Waals surface area contributed by atoms with E-state index >= 15 is 4.39 Å². The number of halogens is 2. The number of imidazole rings is 1. The number of fused-ring (bicyclic) bond motifs is 2. The van der Waals surface area contributed by atoms with Gasteiger partial charge >= 0.3 is 5.69 Å². The second-order valence-electron chi connectivity index (χ2n) is 9.96. The first-order valence-electron chi connectivity index (χ1n) is 12.9. The maximum Gasteiger partial charge on any atom is 0.338 e. The van der Waals surface area contributed by atoms with Crippen molar-refractivity contribution in [2.45, 2.75) is 39.8 Å². The van der Waals surface area contributed by atoms with Crippen molar-refractivity contribution in [3.05, 3.63) is 87.4 Å². The molecular weight excluding hydrogens is 504 g/mol. The first-order chi connectivity index (χ1) is 18.8. The molecule has 39 heavy (non-hydrogen) atoms. The number of hydrogen-bond acceptors (Lipinski definition) is 5. The molecule has 1 N–H and O–H groups in total. The summed E-state index contributed by atoms with van der Waals surface area (Å²) in [7, 11) is 1.60. The fourth-order valence-corrected chi connectivity index (χ4v) is 5.41. The van der Waals surface area contributed by atoms with Crippen molar-refractivity contribution in [3.63, 3.8) is 0 Å². The molecule has 2 aromatic carbocycles. The fraction of sp³-hybridized carbons (Fsp3) is 0.321. The molecule has 0 bridgehead atoms. The van der Waals surface area contributed by atoms with E-state index in [1.807, 2.05) is 6.92 Å². The van der Waals surface area contributed by atoms with E-state index in [1.165, 1.54) is 15.2 Å². The second kappa shape index (κ2) is 9.58. The Balaban J connectivity index is 1.52. The van der Waals surface area contributed by atoms with Crippen LogP contribution in [0.3, 0.4) is 0 Å². The zero-order chi connectivity index (χ0) is 27.4. The molecule has 0 spiro atoms. The summed E-state index contributed by atoms with van der Waals surface area (Å²) in [6, 6.07) is 6.38. The molecule has 3 aromatic heterocycles. The van der Waals surface area contributed by atoms with Crippen LogP contribution in [0.1, 0.15) is 35.3 Å². The number of ether oxygens (including phenoxy) is 1. The lowest BCUT2D eigenvalue weighted by atomic mass is 10.0. The van der Waals surface area contributed by atoms with Crippen molar-refractivity contribution in [1.82, 2.24) is 34.0 Å². The lowest BCUT2D eigenvalue weighted by Crippen LogP contribution is -2.30. The van der Waals surface area contributed by atoms with E-state index in [4.69, 9.17) is 9.84 Å². The van der Waals surface area contributed by atoms with Crippen molar-refractivity contribution in [2.75, 3.05) is 20.3 Å². The predicted octanol–water partition coefficient (Wildman–Crippen LogP) is 3.91. The Morgan fingerprint density at radius 3 is 2.59 bits per heavy atom. The third kappa shape index (κ3) is 4.09. The van der Waals surface area contributed by atoms with Gasteiger partial charge in [0.05, 0.1) is 41.9 Å². The topological polar surface area (TPSA) is 83.8 Å². The SMILES string of the molecule is COCCn1ncc2cc(-n3ccn(-c4c5c(nn4-c4cc(C)c(F)c(C)c4)CCN[C@H]5C)c3=O)c(F)cc21. The monoisotopic (exact) mass is 533 g/mol. The van der Waals surface area contributed by atoms with Crippen LogP contribution < -0.4 is 11.0 Å². The Morgan fingerprint density at radius 2 is 1.85 bits per heavy atom. The Kier molecular flexibility index (Phi) is 6.19. The van der Waals surface area contributed by atoms with Gasteiger partial charge in [-0.3, -0.25) is 13.8 Å². The number of nitrogens with zero attached hydrogens (tertiary/aromatic N) is 6. The van der Waals surface area contributed by atoms with E-state index in [1.54, 1.807) is 67.1 Å². The van der Waals surface area contributed by atoms with Crippen molar-refractivity contribution in [3.8, 4) is 17.2 Å². The summed E-state index contributed by atoms with van der Waals surface area (Å²) in [4.78, 5) is 13.9. The van der Waals surface area contributed by atoms with Crippen LogP contribution in [-0.2, 0) is 17.7 Å². The molecule has 0 aliphatic carbocycles. The largest absolute Gasteiger partial charge is 0.383 e. The molecule has 1 aliphatic rings. The molecule has 1 atom stereocenters. The van der Waals surface area contributed by atoms with E-state index < -0.39 is 11.5 Å². The molecule has 0 saturated heterocycles. The van der Waals surface area contributed by atoms with Gasteiger partial charge in [0.2, 0.25) is 0 Å². The number of aryl methyl sites for hydroxylation is 2. The molecule has 6 rings (SSSR count). The van der Waals surface area contributed by atoms with Crippen LogP contribution in [0.4, 0.5) is 8.78 Å². The van der Waals surface area contributed by atoms with Gasteiger partial charge in [-0.25, -0.2) is 18.3 Å². The van der Waals surface area contributed by atoms with Gasteiger partial charge < -0.3 is 10.1 Å². The van der Waals surface area contributed by atoms with Crippen LogP contribution in [0.15, 0.2) is 47.7 Å². The third-order valence-corrected chi connectivity index (χ3v) is 7.37. The molecule has 202 valence electrons. The minimum absolute atomic E-state index is 0.0681. The average Bonchev–Trinajstić information content (AvgIpc) is 3.60. The zero-order valence-electron chi connectivity index (χ0n) is 22.2. The lowest BCUT2D eigenvalue weighted by Gasteiger charge is -2.21. The minimum atomic E-state index is -0.545. The Morgan fingerprint density at radius 1 is 1.10 bits per heavy atom. The average molecular weight is 534 g/mol. The first kappa shape index (κ1) is 25.2. The van der Waals surface area contributed by atoms with Crippen LogP contribution >= 0.6 is 0 Å². The van der Waals surface area contributed by atoms with Gasteiger partial charge in [-0.15, -0.1) is 0 Å². The van der Waals surface area contributed by atoms with E-state index in [0.717, 1.165) is 17.8 Å². The van der Waals surface area contributed by atoms with E-state index in [0.29, 0.717) is 53.1 Å². The van der Waals surface area contributed by atoms with Crippen molar-refractivity contribution >= 4 is 10.9 Å². The van der Waals surface area contributed by atoms with Gasteiger partial charge in [-0.2, -0.15) is 10.2 Å². The molecule has 4 heterocycles. The van der Waals surface area contributed by atoms with Crippen molar-refractivity contribution in [2.24, 2.45) is 0 Å². The predicted molar refractivity (Wildman–Crippen MR) is 143 cm³/mol. The van der Waals surface area contributed by atoms with Crippen LogP contribution in [0.25, 0.3) is 28.1 Å². The summed E-state index contributed by atoms with van der Waals surface area (Å²) < 4.78 is 41.1. The summed E-state index contributed by atoms with van der Waals surface area (Å²) in [6.45, 7) is 7.12. The second-order valence-corrected chi connectivity index (χ2v) is 9.96. The fourth-order valence-electron chi connectivity index (χ4n) is 5.41. The Labute approximate surface area is 223 Å². The molecule has 11 heteroatoms. The highest BCUT2D eigenvalue weighted by Crippen LogP contribution is 2.31. The van der Waals surface area contributed by atoms with E-state index in [9.17, 15) is 9.18 Å². The molecule has 0 unspecified atom stereocenters. The number of hydrogen-bond donors (Lipinski definition) is 1. The summed E-state index contributed by atoms with van der Waals surface area (Å²) in [5.74, 6) is -0.267. The van der Waals surface area contributed by atoms with Crippen molar-refractivity contribution < 1.29 is 13.5 Å². The van der Waals surface area contributed by atoms with Gasteiger partial charge in [-0.1, -0.05) is 0 Å².